The maximum absolute atomic E-state index is 12.4. The molecule has 0 atom stereocenters. The largest absolute Gasteiger partial charge is 0.360 e. The van der Waals surface area contributed by atoms with E-state index in [1.807, 2.05) is 61.1 Å². The van der Waals surface area contributed by atoms with Crippen molar-refractivity contribution in [3.8, 4) is 5.69 Å². The zero-order valence-corrected chi connectivity index (χ0v) is 14.7. The maximum atomic E-state index is 12.4. The van der Waals surface area contributed by atoms with E-state index in [1.54, 1.807) is 6.92 Å². The Kier molecular flexibility index (Phi) is 4.97. The maximum Gasteiger partial charge on any atom is 0.256 e. The molecular formula is C19H22N4O2. The first-order chi connectivity index (χ1) is 12.1. The van der Waals surface area contributed by atoms with Crippen LogP contribution in [0.5, 0.6) is 0 Å². The number of para-hydroxylation sites is 1. The molecule has 6 heteroatoms. The number of hydrogen-bond donors (Lipinski definition) is 1. The second-order valence-corrected chi connectivity index (χ2v) is 6.26. The van der Waals surface area contributed by atoms with Gasteiger partial charge in [0, 0.05) is 25.1 Å². The molecule has 0 fully saturated rings. The van der Waals surface area contributed by atoms with E-state index >= 15 is 0 Å². The monoisotopic (exact) mass is 338 g/mol. The molecule has 0 bridgehead atoms. The summed E-state index contributed by atoms with van der Waals surface area (Å²) in [6, 6.07) is 11.9. The lowest BCUT2D eigenvalue weighted by Crippen LogP contribution is -2.27. The standard InChI is InChI=1S/C19H22N4O2/c1-13(2)18-17(14(3)22-25-18)19(24)20-11-9-15-10-12-23(21-15)16-7-5-4-6-8-16/h4-8,10,12-13H,9,11H2,1-3H3,(H,20,24). The summed E-state index contributed by atoms with van der Waals surface area (Å²) in [6.45, 7) is 6.25. The van der Waals surface area contributed by atoms with Crippen LogP contribution in [0, 0.1) is 6.92 Å². The third kappa shape index (κ3) is 3.79. The number of carbonyl (C=O) groups excluding carboxylic acids is 1. The van der Waals surface area contributed by atoms with Crippen molar-refractivity contribution in [1.82, 2.24) is 20.3 Å². The quantitative estimate of drug-likeness (QED) is 0.749. The Labute approximate surface area is 146 Å². The van der Waals surface area contributed by atoms with Gasteiger partial charge in [0.05, 0.1) is 17.1 Å². The van der Waals surface area contributed by atoms with Crippen LogP contribution in [0.2, 0.25) is 0 Å². The lowest BCUT2D eigenvalue weighted by atomic mass is 10.0. The third-order valence-electron chi connectivity index (χ3n) is 3.97. The summed E-state index contributed by atoms with van der Waals surface area (Å²) in [7, 11) is 0. The zero-order valence-electron chi connectivity index (χ0n) is 14.7. The van der Waals surface area contributed by atoms with E-state index in [9.17, 15) is 4.79 Å². The van der Waals surface area contributed by atoms with Crippen molar-refractivity contribution in [3.05, 3.63) is 65.3 Å². The fourth-order valence-electron chi connectivity index (χ4n) is 2.67. The first-order valence-corrected chi connectivity index (χ1v) is 8.40. The second-order valence-electron chi connectivity index (χ2n) is 6.26. The summed E-state index contributed by atoms with van der Waals surface area (Å²) in [6.07, 6.45) is 2.58. The number of aryl methyl sites for hydroxylation is 1. The summed E-state index contributed by atoms with van der Waals surface area (Å²) >= 11 is 0. The van der Waals surface area contributed by atoms with Gasteiger partial charge in [-0.2, -0.15) is 5.10 Å². The number of benzene rings is 1. The molecule has 25 heavy (non-hydrogen) atoms. The summed E-state index contributed by atoms with van der Waals surface area (Å²) < 4.78 is 7.10. The highest BCUT2D eigenvalue weighted by Gasteiger charge is 2.22. The lowest BCUT2D eigenvalue weighted by molar-refractivity contribution is 0.0951. The van der Waals surface area contributed by atoms with Crippen LogP contribution >= 0.6 is 0 Å². The molecule has 130 valence electrons. The molecule has 0 radical (unpaired) electrons. The molecule has 1 aromatic carbocycles. The van der Waals surface area contributed by atoms with E-state index in [-0.39, 0.29) is 11.8 Å². The van der Waals surface area contributed by atoms with Gasteiger partial charge in [0.1, 0.15) is 5.56 Å². The van der Waals surface area contributed by atoms with E-state index in [0.717, 1.165) is 11.4 Å². The topological polar surface area (TPSA) is 73.0 Å². The molecule has 0 aliphatic rings. The van der Waals surface area contributed by atoms with Crippen LogP contribution < -0.4 is 5.32 Å². The van der Waals surface area contributed by atoms with Crippen molar-refractivity contribution in [2.75, 3.05) is 6.54 Å². The fraction of sp³-hybridized carbons (Fsp3) is 0.316. The van der Waals surface area contributed by atoms with Gasteiger partial charge in [0.15, 0.2) is 5.76 Å². The Morgan fingerprint density at radius 1 is 1.24 bits per heavy atom. The minimum Gasteiger partial charge on any atom is -0.360 e. The highest BCUT2D eigenvalue weighted by atomic mass is 16.5. The van der Waals surface area contributed by atoms with Gasteiger partial charge in [-0.1, -0.05) is 37.2 Å². The van der Waals surface area contributed by atoms with Crippen LogP contribution in [0.4, 0.5) is 0 Å². The Morgan fingerprint density at radius 3 is 2.72 bits per heavy atom. The first-order valence-electron chi connectivity index (χ1n) is 8.40. The van der Waals surface area contributed by atoms with Crippen LogP contribution in [0.3, 0.4) is 0 Å². The van der Waals surface area contributed by atoms with E-state index in [1.165, 1.54) is 0 Å². The predicted molar refractivity (Wildman–Crippen MR) is 94.9 cm³/mol. The highest BCUT2D eigenvalue weighted by Crippen LogP contribution is 2.21. The molecule has 1 N–H and O–H groups in total. The van der Waals surface area contributed by atoms with Crippen molar-refractivity contribution in [2.24, 2.45) is 0 Å². The molecule has 0 aliphatic heterocycles. The Hall–Kier alpha value is -2.89. The number of nitrogens with zero attached hydrogens (tertiary/aromatic N) is 3. The lowest BCUT2D eigenvalue weighted by Gasteiger charge is -2.06. The molecule has 0 saturated carbocycles. The van der Waals surface area contributed by atoms with Crippen LogP contribution in [-0.4, -0.2) is 27.4 Å². The first kappa shape index (κ1) is 17.0. The van der Waals surface area contributed by atoms with Crippen molar-refractivity contribution in [1.29, 1.82) is 0 Å². The molecule has 0 unspecified atom stereocenters. The van der Waals surface area contributed by atoms with Gasteiger partial charge in [0.25, 0.3) is 5.91 Å². The SMILES string of the molecule is Cc1noc(C(C)C)c1C(=O)NCCc1ccn(-c2ccccc2)n1. The smallest absolute Gasteiger partial charge is 0.256 e. The van der Waals surface area contributed by atoms with E-state index in [0.29, 0.717) is 30.0 Å². The summed E-state index contributed by atoms with van der Waals surface area (Å²) in [5.74, 6) is 0.594. The van der Waals surface area contributed by atoms with Crippen molar-refractivity contribution >= 4 is 5.91 Å². The zero-order chi connectivity index (χ0) is 17.8. The number of hydrogen-bond acceptors (Lipinski definition) is 4. The molecule has 6 nitrogen and oxygen atoms in total. The van der Waals surface area contributed by atoms with Crippen LogP contribution in [0.25, 0.3) is 5.69 Å². The van der Waals surface area contributed by atoms with Gasteiger partial charge in [0.2, 0.25) is 0 Å². The second kappa shape index (κ2) is 7.34. The van der Waals surface area contributed by atoms with Gasteiger partial charge in [-0.3, -0.25) is 4.79 Å². The van der Waals surface area contributed by atoms with Crippen LogP contribution in [0.1, 0.15) is 47.3 Å². The van der Waals surface area contributed by atoms with E-state index in [2.05, 4.69) is 15.6 Å². The average molecular weight is 338 g/mol. The number of amides is 1. The van der Waals surface area contributed by atoms with Crippen molar-refractivity contribution in [3.63, 3.8) is 0 Å². The normalized spacial score (nSPS) is 11.0. The van der Waals surface area contributed by atoms with Gasteiger partial charge >= 0.3 is 0 Å². The molecule has 0 aliphatic carbocycles. The Balaban J connectivity index is 1.60. The molecular weight excluding hydrogens is 316 g/mol. The van der Waals surface area contributed by atoms with E-state index < -0.39 is 0 Å². The van der Waals surface area contributed by atoms with E-state index in [4.69, 9.17) is 4.52 Å². The van der Waals surface area contributed by atoms with Gasteiger partial charge in [-0.15, -0.1) is 0 Å². The number of rotatable bonds is 6. The molecule has 3 rings (SSSR count). The van der Waals surface area contributed by atoms with Crippen LogP contribution in [-0.2, 0) is 6.42 Å². The molecule has 3 aromatic rings. The van der Waals surface area contributed by atoms with Gasteiger partial charge < -0.3 is 9.84 Å². The Bertz CT molecular complexity index is 849. The third-order valence-corrected chi connectivity index (χ3v) is 3.97. The molecule has 2 aromatic heterocycles. The predicted octanol–water partition coefficient (Wildman–Crippen LogP) is 3.26. The number of carbonyl (C=O) groups is 1. The highest BCUT2D eigenvalue weighted by molar-refractivity contribution is 5.96. The minimum atomic E-state index is -0.148. The summed E-state index contributed by atoms with van der Waals surface area (Å²) in [5.41, 5.74) is 3.11. The average Bonchev–Trinajstić information content (AvgIpc) is 3.22. The van der Waals surface area contributed by atoms with Crippen molar-refractivity contribution in [2.45, 2.75) is 33.1 Å². The minimum absolute atomic E-state index is 0.114. The molecule has 0 saturated heterocycles. The molecule has 0 spiro atoms. The molecule has 2 heterocycles. The summed E-state index contributed by atoms with van der Waals surface area (Å²) in [4.78, 5) is 12.4. The van der Waals surface area contributed by atoms with Gasteiger partial charge in [-0.25, -0.2) is 4.68 Å². The van der Waals surface area contributed by atoms with Crippen molar-refractivity contribution < 1.29 is 9.32 Å². The summed E-state index contributed by atoms with van der Waals surface area (Å²) in [5, 5.41) is 11.4. The van der Waals surface area contributed by atoms with Gasteiger partial charge in [-0.05, 0) is 25.1 Å². The number of nitrogens with one attached hydrogen (secondary N) is 1. The molecule has 1 amide bonds. The fourth-order valence-corrected chi connectivity index (χ4v) is 2.67. The number of aromatic nitrogens is 3. The Morgan fingerprint density at radius 2 is 2.00 bits per heavy atom. The van der Waals surface area contributed by atoms with Crippen LogP contribution in [0.15, 0.2) is 47.1 Å².